The van der Waals surface area contributed by atoms with Crippen molar-refractivity contribution in [1.82, 2.24) is 9.47 Å². The molecule has 1 saturated heterocycles. The summed E-state index contributed by atoms with van der Waals surface area (Å²) in [5, 5.41) is 0. The van der Waals surface area contributed by atoms with Crippen LogP contribution in [0.25, 0.3) is 0 Å². The molecule has 0 spiro atoms. The van der Waals surface area contributed by atoms with Crippen molar-refractivity contribution in [2.45, 2.75) is 31.8 Å². The van der Waals surface area contributed by atoms with E-state index in [-0.39, 0.29) is 11.1 Å². The molecule has 0 saturated carbocycles. The zero-order valence-electron chi connectivity index (χ0n) is 10.4. The van der Waals surface area contributed by atoms with Gasteiger partial charge in [0.1, 0.15) is 0 Å². The number of hydrogen-bond acceptors (Lipinski definition) is 3. The molecule has 1 aromatic rings. The molecular weight excluding hydrogens is 214 g/mol. The van der Waals surface area contributed by atoms with Gasteiger partial charge in [-0.2, -0.15) is 0 Å². The van der Waals surface area contributed by atoms with Gasteiger partial charge in [-0.25, -0.2) is 0 Å². The number of pyridine rings is 1. The summed E-state index contributed by atoms with van der Waals surface area (Å²) in [6.45, 7) is 5.75. The monoisotopic (exact) mass is 235 g/mol. The van der Waals surface area contributed by atoms with Crippen molar-refractivity contribution in [2.75, 3.05) is 19.6 Å². The Bertz CT molecular complexity index is 421. The molecular formula is C13H21N3O. The smallest absolute Gasteiger partial charge is 0.250 e. The third-order valence-corrected chi connectivity index (χ3v) is 3.38. The van der Waals surface area contributed by atoms with E-state index >= 15 is 0 Å². The summed E-state index contributed by atoms with van der Waals surface area (Å²) in [7, 11) is 0. The van der Waals surface area contributed by atoms with Crippen LogP contribution in [0.4, 0.5) is 0 Å². The quantitative estimate of drug-likeness (QED) is 0.815. The minimum absolute atomic E-state index is 0.0242. The molecule has 0 amide bonds. The Labute approximate surface area is 102 Å². The average Bonchev–Trinajstić information content (AvgIpc) is 2.25. The molecule has 2 heterocycles. The van der Waals surface area contributed by atoms with Crippen molar-refractivity contribution in [1.29, 1.82) is 0 Å². The van der Waals surface area contributed by atoms with Crippen molar-refractivity contribution < 1.29 is 0 Å². The molecule has 0 aromatic carbocycles. The molecule has 17 heavy (non-hydrogen) atoms. The van der Waals surface area contributed by atoms with Crippen molar-refractivity contribution in [3.8, 4) is 0 Å². The lowest BCUT2D eigenvalue weighted by Crippen LogP contribution is -2.67. The Morgan fingerprint density at radius 2 is 2.12 bits per heavy atom. The highest BCUT2D eigenvalue weighted by atomic mass is 16.1. The van der Waals surface area contributed by atoms with Crippen LogP contribution in [0.15, 0.2) is 29.2 Å². The van der Waals surface area contributed by atoms with Crippen LogP contribution < -0.4 is 11.3 Å². The van der Waals surface area contributed by atoms with E-state index < -0.39 is 0 Å². The van der Waals surface area contributed by atoms with Gasteiger partial charge in [0.2, 0.25) is 0 Å². The maximum absolute atomic E-state index is 11.5. The highest BCUT2D eigenvalue weighted by molar-refractivity contribution is 4.99. The first kappa shape index (κ1) is 12.3. The summed E-state index contributed by atoms with van der Waals surface area (Å²) >= 11 is 0. The number of rotatable bonds is 5. The van der Waals surface area contributed by atoms with E-state index in [0.717, 1.165) is 39.0 Å². The maximum atomic E-state index is 11.5. The van der Waals surface area contributed by atoms with E-state index in [1.807, 2.05) is 12.3 Å². The van der Waals surface area contributed by atoms with Crippen LogP contribution in [-0.4, -0.2) is 34.6 Å². The Balaban J connectivity index is 1.79. The topological polar surface area (TPSA) is 51.3 Å². The van der Waals surface area contributed by atoms with Crippen molar-refractivity contribution in [2.24, 2.45) is 5.73 Å². The molecule has 2 rings (SSSR count). The van der Waals surface area contributed by atoms with Crippen molar-refractivity contribution in [3.63, 3.8) is 0 Å². The fraction of sp³-hybridized carbons (Fsp3) is 0.615. The second-order valence-corrected chi connectivity index (χ2v) is 5.06. The highest BCUT2D eigenvalue weighted by Crippen LogP contribution is 2.22. The van der Waals surface area contributed by atoms with Crippen LogP contribution in [-0.2, 0) is 6.54 Å². The standard InChI is InChI=1S/C13H21N3O/c1-2-6-13(14)10-15(11-13)8-9-16-7-4-3-5-12(16)17/h3-5,7H,2,6,8-11,14H2,1H3. The predicted octanol–water partition coefficient (Wildman–Crippen LogP) is 0.661. The lowest BCUT2D eigenvalue weighted by Gasteiger charge is -2.48. The normalized spacial score (nSPS) is 18.9. The van der Waals surface area contributed by atoms with E-state index in [2.05, 4.69) is 11.8 Å². The van der Waals surface area contributed by atoms with Crippen LogP contribution in [0.1, 0.15) is 19.8 Å². The van der Waals surface area contributed by atoms with Crippen molar-refractivity contribution >= 4 is 0 Å². The molecule has 1 fully saturated rings. The molecule has 1 aliphatic heterocycles. The molecule has 2 N–H and O–H groups in total. The number of nitrogens with zero attached hydrogens (tertiary/aromatic N) is 2. The van der Waals surface area contributed by atoms with Crippen molar-refractivity contribution in [3.05, 3.63) is 34.7 Å². The van der Waals surface area contributed by atoms with Gasteiger partial charge >= 0.3 is 0 Å². The third-order valence-electron chi connectivity index (χ3n) is 3.38. The molecule has 94 valence electrons. The summed E-state index contributed by atoms with van der Waals surface area (Å²) in [6, 6.07) is 5.26. The van der Waals surface area contributed by atoms with Gasteiger partial charge < -0.3 is 10.3 Å². The summed E-state index contributed by atoms with van der Waals surface area (Å²) in [4.78, 5) is 13.8. The van der Waals surface area contributed by atoms with Gasteiger partial charge in [-0.1, -0.05) is 19.4 Å². The van der Waals surface area contributed by atoms with E-state index in [1.54, 1.807) is 16.7 Å². The molecule has 0 radical (unpaired) electrons. The third kappa shape index (κ3) is 2.96. The van der Waals surface area contributed by atoms with Crippen LogP contribution >= 0.6 is 0 Å². The molecule has 1 aliphatic rings. The number of hydrogen-bond donors (Lipinski definition) is 1. The van der Waals surface area contributed by atoms with Gasteiger partial charge in [0.05, 0.1) is 0 Å². The molecule has 4 heteroatoms. The summed E-state index contributed by atoms with van der Waals surface area (Å²) in [5.41, 5.74) is 6.29. The first-order valence-electron chi connectivity index (χ1n) is 6.30. The van der Waals surface area contributed by atoms with Crippen LogP contribution in [0.5, 0.6) is 0 Å². The zero-order chi connectivity index (χ0) is 12.3. The van der Waals surface area contributed by atoms with E-state index in [0.29, 0.717) is 0 Å². The summed E-state index contributed by atoms with van der Waals surface area (Å²) in [6.07, 6.45) is 4.07. The van der Waals surface area contributed by atoms with E-state index in [4.69, 9.17) is 5.73 Å². The minimum atomic E-state index is 0.0242. The fourth-order valence-electron chi connectivity index (χ4n) is 2.55. The average molecular weight is 235 g/mol. The fourth-order valence-corrected chi connectivity index (χ4v) is 2.55. The lowest BCUT2D eigenvalue weighted by atomic mass is 9.86. The predicted molar refractivity (Wildman–Crippen MR) is 69.0 cm³/mol. The zero-order valence-corrected chi connectivity index (χ0v) is 10.4. The van der Waals surface area contributed by atoms with Gasteiger partial charge in [-0.3, -0.25) is 9.69 Å². The summed E-state index contributed by atoms with van der Waals surface area (Å²) in [5.74, 6) is 0. The maximum Gasteiger partial charge on any atom is 0.250 e. The number of aromatic nitrogens is 1. The van der Waals surface area contributed by atoms with Gasteiger partial charge in [0.25, 0.3) is 5.56 Å². The van der Waals surface area contributed by atoms with Crippen LogP contribution in [0, 0.1) is 0 Å². The van der Waals surface area contributed by atoms with Gasteiger partial charge in [0, 0.05) is 44.0 Å². The van der Waals surface area contributed by atoms with Gasteiger partial charge in [-0.15, -0.1) is 0 Å². The Morgan fingerprint density at radius 3 is 2.76 bits per heavy atom. The molecule has 1 aromatic heterocycles. The molecule has 0 bridgehead atoms. The summed E-state index contributed by atoms with van der Waals surface area (Å²) < 4.78 is 1.75. The van der Waals surface area contributed by atoms with Gasteiger partial charge in [-0.05, 0) is 12.5 Å². The van der Waals surface area contributed by atoms with E-state index in [9.17, 15) is 4.79 Å². The lowest BCUT2D eigenvalue weighted by molar-refractivity contribution is 0.0605. The Hall–Kier alpha value is -1.13. The Kier molecular flexibility index (Phi) is 3.64. The molecule has 0 unspecified atom stereocenters. The van der Waals surface area contributed by atoms with E-state index in [1.165, 1.54) is 0 Å². The first-order valence-corrected chi connectivity index (χ1v) is 6.30. The second kappa shape index (κ2) is 5.02. The second-order valence-electron chi connectivity index (χ2n) is 5.06. The minimum Gasteiger partial charge on any atom is -0.323 e. The number of nitrogens with two attached hydrogens (primary N) is 1. The highest BCUT2D eigenvalue weighted by Gasteiger charge is 2.37. The molecule has 0 aliphatic carbocycles. The first-order chi connectivity index (χ1) is 8.13. The van der Waals surface area contributed by atoms with Crippen LogP contribution in [0.2, 0.25) is 0 Å². The Morgan fingerprint density at radius 1 is 1.35 bits per heavy atom. The number of likely N-dealkylation sites (tertiary alicyclic amines) is 1. The SMILES string of the molecule is CCCC1(N)CN(CCn2ccccc2=O)C1. The largest absolute Gasteiger partial charge is 0.323 e. The molecule has 0 atom stereocenters. The molecule has 4 nitrogen and oxygen atoms in total. The van der Waals surface area contributed by atoms with Gasteiger partial charge in [0.15, 0.2) is 0 Å². The van der Waals surface area contributed by atoms with Crippen LogP contribution in [0.3, 0.4) is 0 Å².